The van der Waals surface area contributed by atoms with Gasteiger partial charge in [-0.1, -0.05) is 48.2 Å². The van der Waals surface area contributed by atoms with Crippen molar-refractivity contribution in [1.29, 1.82) is 0 Å². The highest BCUT2D eigenvalue weighted by molar-refractivity contribution is 8.00. The lowest BCUT2D eigenvalue weighted by molar-refractivity contribution is -0.115. The molecule has 146 valence electrons. The molecule has 8 heteroatoms. The molecule has 3 rings (SSSR count). The van der Waals surface area contributed by atoms with Gasteiger partial charge in [-0.3, -0.25) is 4.79 Å². The normalized spacial score (nSPS) is 12.0. The zero-order chi connectivity index (χ0) is 20.1. The molecule has 0 saturated carbocycles. The molecule has 2 heterocycles. The lowest BCUT2D eigenvalue weighted by Crippen LogP contribution is -2.23. The van der Waals surface area contributed by atoms with E-state index in [2.05, 4.69) is 39.2 Å². The van der Waals surface area contributed by atoms with E-state index in [0.29, 0.717) is 23.3 Å². The van der Waals surface area contributed by atoms with Crippen molar-refractivity contribution in [3.63, 3.8) is 0 Å². The average Bonchev–Trinajstić information content (AvgIpc) is 3.19. The Hall–Kier alpha value is -2.45. The van der Waals surface area contributed by atoms with Crippen molar-refractivity contribution in [2.24, 2.45) is 0 Å². The summed E-state index contributed by atoms with van der Waals surface area (Å²) in [5, 5.41) is 12.6. The predicted octanol–water partition coefficient (Wildman–Crippen LogP) is 4.25. The summed E-state index contributed by atoms with van der Waals surface area (Å²) in [4.78, 5) is 18.0. The second-order valence-corrected chi connectivity index (χ2v) is 8.88. The fourth-order valence-electron chi connectivity index (χ4n) is 2.57. The summed E-state index contributed by atoms with van der Waals surface area (Å²) in [7, 11) is 0. The van der Waals surface area contributed by atoms with Gasteiger partial charge in [-0.15, -0.1) is 28.1 Å². The van der Waals surface area contributed by atoms with E-state index in [1.54, 1.807) is 0 Å². The summed E-state index contributed by atoms with van der Waals surface area (Å²) >= 11 is 2.87. The third kappa shape index (κ3) is 4.88. The van der Waals surface area contributed by atoms with E-state index in [1.807, 2.05) is 49.6 Å². The van der Waals surface area contributed by atoms with Crippen molar-refractivity contribution < 1.29 is 4.79 Å². The van der Waals surface area contributed by atoms with Crippen LogP contribution in [0.5, 0.6) is 0 Å². The minimum Gasteiger partial charge on any atom is -0.302 e. The lowest BCUT2D eigenvalue weighted by atomic mass is 10.1. The fourth-order valence-corrected chi connectivity index (χ4v) is 4.27. The zero-order valence-electron chi connectivity index (χ0n) is 16.2. The number of aryl methyl sites for hydroxylation is 2. The van der Waals surface area contributed by atoms with Crippen molar-refractivity contribution in [1.82, 2.24) is 19.7 Å². The Morgan fingerprint density at radius 2 is 2.07 bits per heavy atom. The summed E-state index contributed by atoms with van der Waals surface area (Å²) in [5.74, 6) is 0.754. The molecule has 0 saturated heterocycles. The Morgan fingerprint density at radius 1 is 1.32 bits per heavy atom. The number of aromatic nitrogens is 4. The standard InChI is InChI=1S/C20H23N5OS2/c1-5-11-25-17(12-16-9-7-6-8-10-16)23-24-20(25)28-15(4)18(26)22-19-21-13(2)14(3)27-19/h5-10,15H,1,11-12H2,2-4H3,(H,21,22,26)/t15-/m0/s1. The average molecular weight is 414 g/mol. The number of rotatable bonds is 8. The third-order valence-electron chi connectivity index (χ3n) is 4.22. The van der Waals surface area contributed by atoms with Gasteiger partial charge in [0.2, 0.25) is 5.91 Å². The maximum Gasteiger partial charge on any atom is 0.239 e. The van der Waals surface area contributed by atoms with Gasteiger partial charge in [-0.05, 0) is 26.3 Å². The number of thiazole rings is 1. The Kier molecular flexibility index (Phi) is 6.64. The predicted molar refractivity (Wildman–Crippen MR) is 115 cm³/mol. The Bertz CT molecular complexity index is 945. The molecule has 1 amide bonds. The molecule has 1 aromatic carbocycles. The van der Waals surface area contributed by atoms with Crippen molar-refractivity contribution in [2.75, 3.05) is 5.32 Å². The minimum absolute atomic E-state index is 0.100. The van der Waals surface area contributed by atoms with Gasteiger partial charge < -0.3 is 9.88 Å². The van der Waals surface area contributed by atoms with Crippen LogP contribution in [-0.4, -0.2) is 30.9 Å². The number of carbonyl (C=O) groups excluding carboxylic acids is 1. The Labute approximate surface area is 173 Å². The summed E-state index contributed by atoms with van der Waals surface area (Å²) in [5.41, 5.74) is 2.11. The molecule has 0 spiro atoms. The number of thioether (sulfide) groups is 1. The first-order valence-corrected chi connectivity index (χ1v) is 10.7. The zero-order valence-corrected chi connectivity index (χ0v) is 17.8. The number of benzene rings is 1. The monoisotopic (exact) mass is 413 g/mol. The Balaban J connectivity index is 1.71. The highest BCUT2D eigenvalue weighted by Gasteiger charge is 2.21. The van der Waals surface area contributed by atoms with Crippen molar-refractivity contribution in [3.05, 3.63) is 64.9 Å². The quantitative estimate of drug-likeness (QED) is 0.441. The molecule has 28 heavy (non-hydrogen) atoms. The number of carbonyl (C=O) groups is 1. The summed E-state index contributed by atoms with van der Waals surface area (Å²) < 4.78 is 2.01. The molecule has 1 atom stereocenters. The molecular weight excluding hydrogens is 390 g/mol. The van der Waals surface area contributed by atoms with Crippen LogP contribution in [0.4, 0.5) is 5.13 Å². The van der Waals surface area contributed by atoms with E-state index in [1.165, 1.54) is 23.1 Å². The van der Waals surface area contributed by atoms with Crippen molar-refractivity contribution in [2.45, 2.75) is 44.1 Å². The van der Waals surface area contributed by atoms with E-state index in [9.17, 15) is 4.79 Å². The molecule has 0 aliphatic heterocycles. The van der Waals surface area contributed by atoms with Gasteiger partial charge in [0.05, 0.1) is 10.9 Å². The van der Waals surface area contributed by atoms with Crippen LogP contribution in [0.15, 0.2) is 48.1 Å². The van der Waals surface area contributed by atoms with Crippen molar-refractivity contribution in [3.8, 4) is 0 Å². The van der Waals surface area contributed by atoms with Gasteiger partial charge >= 0.3 is 0 Å². The molecule has 0 aliphatic rings. The van der Waals surface area contributed by atoms with Gasteiger partial charge in [0.1, 0.15) is 5.82 Å². The minimum atomic E-state index is -0.332. The number of nitrogens with zero attached hydrogens (tertiary/aromatic N) is 4. The summed E-state index contributed by atoms with van der Waals surface area (Å²) in [6, 6.07) is 10.1. The first-order chi connectivity index (χ1) is 13.5. The Morgan fingerprint density at radius 3 is 2.71 bits per heavy atom. The summed E-state index contributed by atoms with van der Waals surface area (Å²) in [6.07, 6.45) is 2.49. The van der Waals surface area contributed by atoms with Crippen LogP contribution in [0.2, 0.25) is 0 Å². The van der Waals surface area contributed by atoms with Gasteiger partial charge in [0, 0.05) is 17.8 Å². The van der Waals surface area contributed by atoms with Gasteiger partial charge in [0.15, 0.2) is 10.3 Å². The van der Waals surface area contributed by atoms with Crippen LogP contribution in [0.3, 0.4) is 0 Å². The molecule has 0 unspecified atom stereocenters. The molecule has 0 aliphatic carbocycles. The number of nitrogens with one attached hydrogen (secondary N) is 1. The topological polar surface area (TPSA) is 72.7 Å². The molecule has 3 aromatic rings. The number of anilines is 1. The van der Waals surface area contributed by atoms with E-state index >= 15 is 0 Å². The highest BCUT2D eigenvalue weighted by Crippen LogP contribution is 2.26. The van der Waals surface area contributed by atoms with Crippen LogP contribution in [0.1, 0.15) is 28.9 Å². The largest absolute Gasteiger partial charge is 0.302 e. The molecule has 2 aromatic heterocycles. The van der Waals surface area contributed by atoms with E-state index in [4.69, 9.17) is 0 Å². The number of allylic oxidation sites excluding steroid dienone is 1. The molecule has 0 fully saturated rings. The van der Waals surface area contributed by atoms with Crippen LogP contribution in [0.25, 0.3) is 0 Å². The second kappa shape index (κ2) is 9.16. The van der Waals surface area contributed by atoms with Crippen LogP contribution >= 0.6 is 23.1 Å². The maximum absolute atomic E-state index is 12.6. The number of hydrogen-bond acceptors (Lipinski definition) is 6. The first-order valence-electron chi connectivity index (χ1n) is 8.96. The maximum atomic E-state index is 12.6. The van der Waals surface area contributed by atoms with Crippen LogP contribution in [0, 0.1) is 13.8 Å². The SMILES string of the molecule is C=CCn1c(Cc2ccccc2)nnc1S[C@@H](C)C(=O)Nc1nc(C)c(C)s1. The van der Waals surface area contributed by atoms with E-state index in [0.717, 1.165) is 22.0 Å². The smallest absolute Gasteiger partial charge is 0.239 e. The van der Waals surface area contributed by atoms with Crippen molar-refractivity contribution >= 4 is 34.1 Å². The fraction of sp³-hybridized carbons (Fsp3) is 0.300. The molecular formula is C20H23N5OS2. The van der Waals surface area contributed by atoms with Crippen LogP contribution in [-0.2, 0) is 17.8 Å². The van der Waals surface area contributed by atoms with Gasteiger partial charge in [-0.2, -0.15) is 0 Å². The number of amides is 1. The van der Waals surface area contributed by atoms with Crippen LogP contribution < -0.4 is 5.32 Å². The third-order valence-corrected chi connectivity index (χ3v) is 6.29. The molecule has 0 bridgehead atoms. The van der Waals surface area contributed by atoms with E-state index < -0.39 is 0 Å². The summed E-state index contributed by atoms with van der Waals surface area (Å²) in [6.45, 7) is 10.2. The highest BCUT2D eigenvalue weighted by atomic mass is 32.2. The first kappa shape index (κ1) is 20.3. The van der Waals surface area contributed by atoms with Gasteiger partial charge in [0.25, 0.3) is 0 Å². The lowest BCUT2D eigenvalue weighted by Gasteiger charge is -2.12. The van der Waals surface area contributed by atoms with E-state index in [-0.39, 0.29) is 11.2 Å². The number of hydrogen-bond donors (Lipinski definition) is 1. The van der Waals surface area contributed by atoms with Gasteiger partial charge in [-0.25, -0.2) is 4.98 Å². The molecule has 1 N–H and O–H groups in total. The molecule has 0 radical (unpaired) electrons. The molecule has 6 nitrogen and oxygen atoms in total. The second-order valence-electron chi connectivity index (χ2n) is 6.37.